The summed E-state index contributed by atoms with van der Waals surface area (Å²) in [6, 6.07) is 9.97. The highest BCUT2D eigenvalue weighted by atomic mass is 16.1. The van der Waals surface area contributed by atoms with Crippen molar-refractivity contribution < 1.29 is 4.79 Å². The Balaban J connectivity index is 1.72. The second-order valence-corrected chi connectivity index (χ2v) is 6.49. The number of nitrogens with zero attached hydrogens (tertiary/aromatic N) is 2. The maximum atomic E-state index is 12.5. The van der Waals surface area contributed by atoms with Gasteiger partial charge in [0.2, 0.25) is 0 Å². The van der Waals surface area contributed by atoms with Crippen molar-refractivity contribution in [2.75, 3.05) is 13.1 Å². The molecule has 3 rings (SSSR count). The molecule has 1 amide bonds. The number of carbonyl (C=O) groups excluding carboxylic acids is 1. The number of hydrogen-bond donors (Lipinski definition) is 2. The van der Waals surface area contributed by atoms with Gasteiger partial charge in [-0.25, -0.2) is 4.68 Å². The molecule has 2 heterocycles. The molecule has 1 saturated heterocycles. The Kier molecular flexibility index (Phi) is 3.98. The van der Waals surface area contributed by atoms with Crippen molar-refractivity contribution in [3.8, 4) is 5.69 Å². The van der Waals surface area contributed by atoms with Gasteiger partial charge in [-0.15, -0.1) is 0 Å². The first-order valence-corrected chi connectivity index (χ1v) is 7.68. The molecule has 1 unspecified atom stereocenters. The Hall–Kier alpha value is -2.14. The van der Waals surface area contributed by atoms with E-state index >= 15 is 0 Å². The fourth-order valence-corrected chi connectivity index (χ4v) is 2.84. The first-order chi connectivity index (χ1) is 10.6. The minimum atomic E-state index is -0.0536. The molecule has 1 aliphatic heterocycles. The van der Waals surface area contributed by atoms with E-state index in [0.717, 1.165) is 25.2 Å². The Morgan fingerprint density at radius 3 is 2.86 bits per heavy atom. The third kappa shape index (κ3) is 3.04. The Labute approximate surface area is 130 Å². The van der Waals surface area contributed by atoms with Gasteiger partial charge in [-0.2, -0.15) is 5.10 Å². The Morgan fingerprint density at radius 2 is 2.14 bits per heavy atom. The van der Waals surface area contributed by atoms with Gasteiger partial charge in [-0.3, -0.25) is 4.79 Å². The van der Waals surface area contributed by atoms with E-state index in [2.05, 4.69) is 29.6 Å². The lowest BCUT2D eigenvalue weighted by atomic mass is 9.80. The molecule has 0 saturated carbocycles. The number of aromatic nitrogens is 2. The van der Waals surface area contributed by atoms with Crippen molar-refractivity contribution in [3.05, 3.63) is 48.3 Å². The summed E-state index contributed by atoms with van der Waals surface area (Å²) in [5.74, 6) is -0.0536. The predicted molar refractivity (Wildman–Crippen MR) is 86.1 cm³/mol. The summed E-state index contributed by atoms with van der Waals surface area (Å²) in [7, 11) is 0. The van der Waals surface area contributed by atoms with E-state index in [9.17, 15) is 4.79 Å². The van der Waals surface area contributed by atoms with Crippen LogP contribution in [0.5, 0.6) is 0 Å². The number of hydrogen-bond acceptors (Lipinski definition) is 3. The first-order valence-electron chi connectivity index (χ1n) is 7.68. The van der Waals surface area contributed by atoms with Gasteiger partial charge in [0.1, 0.15) is 0 Å². The summed E-state index contributed by atoms with van der Waals surface area (Å²) < 4.78 is 1.72. The van der Waals surface area contributed by atoms with E-state index in [-0.39, 0.29) is 17.4 Å². The van der Waals surface area contributed by atoms with E-state index in [4.69, 9.17) is 0 Å². The van der Waals surface area contributed by atoms with Crippen LogP contribution in [-0.2, 0) is 0 Å². The van der Waals surface area contributed by atoms with E-state index in [0.29, 0.717) is 5.56 Å². The summed E-state index contributed by atoms with van der Waals surface area (Å²) >= 11 is 0. The lowest BCUT2D eigenvalue weighted by Crippen LogP contribution is -2.54. The van der Waals surface area contributed by atoms with Crippen LogP contribution in [0.2, 0.25) is 0 Å². The second kappa shape index (κ2) is 5.93. The number of para-hydroxylation sites is 1. The molecule has 1 atom stereocenters. The fraction of sp³-hybridized carbons (Fsp3) is 0.412. The first kappa shape index (κ1) is 14.8. The molecule has 2 aromatic rings. The molecule has 5 nitrogen and oxygen atoms in total. The van der Waals surface area contributed by atoms with Crippen molar-refractivity contribution in [2.24, 2.45) is 5.41 Å². The molecule has 5 heteroatoms. The quantitative estimate of drug-likeness (QED) is 0.911. The molecule has 1 aliphatic rings. The molecule has 0 radical (unpaired) electrons. The van der Waals surface area contributed by atoms with Crippen LogP contribution in [0.3, 0.4) is 0 Å². The van der Waals surface area contributed by atoms with Crippen molar-refractivity contribution in [3.63, 3.8) is 0 Å². The van der Waals surface area contributed by atoms with Crippen LogP contribution >= 0.6 is 0 Å². The maximum Gasteiger partial charge on any atom is 0.254 e. The van der Waals surface area contributed by atoms with E-state index in [1.54, 1.807) is 17.1 Å². The summed E-state index contributed by atoms with van der Waals surface area (Å²) in [5, 5.41) is 10.8. The van der Waals surface area contributed by atoms with Gasteiger partial charge in [-0.05, 0) is 30.5 Å². The van der Waals surface area contributed by atoms with E-state index in [1.807, 2.05) is 30.3 Å². The van der Waals surface area contributed by atoms with Gasteiger partial charge in [-0.1, -0.05) is 32.0 Å². The molecule has 1 fully saturated rings. The molecule has 22 heavy (non-hydrogen) atoms. The van der Waals surface area contributed by atoms with Gasteiger partial charge >= 0.3 is 0 Å². The number of piperidine rings is 1. The van der Waals surface area contributed by atoms with Crippen LogP contribution in [0.4, 0.5) is 0 Å². The summed E-state index contributed by atoms with van der Waals surface area (Å²) in [6.07, 6.45) is 4.35. The third-order valence-electron chi connectivity index (χ3n) is 4.30. The van der Waals surface area contributed by atoms with Gasteiger partial charge in [0.25, 0.3) is 5.91 Å². The summed E-state index contributed by atoms with van der Waals surface area (Å²) in [4.78, 5) is 12.5. The normalized spacial score (nSPS) is 20.5. The zero-order chi connectivity index (χ0) is 15.6. The molecule has 1 aromatic carbocycles. The van der Waals surface area contributed by atoms with Gasteiger partial charge in [0, 0.05) is 18.8 Å². The number of nitrogens with one attached hydrogen (secondary N) is 2. The molecule has 2 N–H and O–H groups in total. The Bertz CT molecular complexity index is 648. The minimum Gasteiger partial charge on any atom is -0.349 e. The summed E-state index contributed by atoms with van der Waals surface area (Å²) in [5.41, 5.74) is 1.60. The van der Waals surface area contributed by atoms with Crippen LogP contribution in [0.15, 0.2) is 42.7 Å². The molecular weight excluding hydrogens is 276 g/mol. The average Bonchev–Trinajstić information content (AvgIpc) is 3.00. The molecular formula is C17H22N4O. The number of rotatable bonds is 3. The van der Waals surface area contributed by atoms with Gasteiger partial charge in [0.05, 0.1) is 17.4 Å². The highest BCUT2D eigenvalue weighted by molar-refractivity contribution is 5.94. The number of amides is 1. The fourth-order valence-electron chi connectivity index (χ4n) is 2.84. The van der Waals surface area contributed by atoms with E-state index in [1.165, 1.54) is 0 Å². The standard InChI is InChI=1S/C17H22N4O/c1-17(2)12-18-9-8-15(17)20-16(22)13-10-19-21(11-13)14-6-4-3-5-7-14/h3-7,10-11,15,18H,8-9,12H2,1-2H3,(H,20,22). The zero-order valence-corrected chi connectivity index (χ0v) is 13.0. The number of carbonyl (C=O) groups is 1. The van der Waals surface area contributed by atoms with Crippen molar-refractivity contribution >= 4 is 5.91 Å². The Morgan fingerprint density at radius 1 is 1.36 bits per heavy atom. The van der Waals surface area contributed by atoms with Crippen LogP contribution in [-0.4, -0.2) is 34.8 Å². The second-order valence-electron chi connectivity index (χ2n) is 6.49. The smallest absolute Gasteiger partial charge is 0.254 e. The maximum absolute atomic E-state index is 12.5. The SMILES string of the molecule is CC1(C)CNCCC1NC(=O)c1cnn(-c2ccccc2)c1. The lowest BCUT2D eigenvalue weighted by molar-refractivity contribution is 0.0868. The largest absolute Gasteiger partial charge is 0.349 e. The van der Waals surface area contributed by atoms with Gasteiger partial charge < -0.3 is 10.6 Å². The van der Waals surface area contributed by atoms with Gasteiger partial charge in [0.15, 0.2) is 0 Å². The predicted octanol–water partition coefficient (Wildman–Crippen LogP) is 1.99. The summed E-state index contributed by atoms with van der Waals surface area (Å²) in [6.45, 7) is 6.22. The molecule has 0 aliphatic carbocycles. The van der Waals surface area contributed by atoms with Crippen LogP contribution in [0, 0.1) is 5.41 Å². The van der Waals surface area contributed by atoms with Crippen molar-refractivity contribution in [1.29, 1.82) is 0 Å². The number of benzene rings is 1. The topological polar surface area (TPSA) is 58.9 Å². The molecule has 1 aromatic heterocycles. The van der Waals surface area contributed by atoms with Crippen LogP contribution in [0.25, 0.3) is 5.69 Å². The van der Waals surface area contributed by atoms with Crippen molar-refractivity contribution in [1.82, 2.24) is 20.4 Å². The zero-order valence-electron chi connectivity index (χ0n) is 13.0. The average molecular weight is 298 g/mol. The lowest BCUT2D eigenvalue weighted by Gasteiger charge is -2.39. The molecule has 0 spiro atoms. The third-order valence-corrected chi connectivity index (χ3v) is 4.30. The van der Waals surface area contributed by atoms with E-state index < -0.39 is 0 Å². The molecule has 0 bridgehead atoms. The van der Waals surface area contributed by atoms with Crippen molar-refractivity contribution in [2.45, 2.75) is 26.3 Å². The monoisotopic (exact) mass is 298 g/mol. The highest BCUT2D eigenvalue weighted by Gasteiger charge is 2.33. The highest BCUT2D eigenvalue weighted by Crippen LogP contribution is 2.25. The molecule has 116 valence electrons. The van der Waals surface area contributed by atoms with Crippen LogP contribution in [0.1, 0.15) is 30.6 Å². The van der Waals surface area contributed by atoms with Crippen LogP contribution < -0.4 is 10.6 Å². The minimum absolute atomic E-state index is 0.0536.